The molecule has 0 unspecified atom stereocenters. The number of benzene rings is 1. The van der Waals surface area contributed by atoms with Crippen LogP contribution in [0.5, 0.6) is 0 Å². The van der Waals surface area contributed by atoms with Gasteiger partial charge in [-0.05, 0) is 23.1 Å². The molecule has 0 aliphatic carbocycles. The van der Waals surface area contributed by atoms with Crippen molar-refractivity contribution >= 4 is 23.5 Å². The van der Waals surface area contributed by atoms with Crippen molar-refractivity contribution in [3.63, 3.8) is 0 Å². The van der Waals surface area contributed by atoms with E-state index in [0.717, 1.165) is 0 Å². The highest BCUT2D eigenvalue weighted by Crippen LogP contribution is 2.26. The molecule has 1 aromatic carbocycles. The third-order valence-electron chi connectivity index (χ3n) is 4.45. The molecule has 3 rings (SSSR count). The van der Waals surface area contributed by atoms with Crippen molar-refractivity contribution in [2.75, 3.05) is 5.75 Å². The molecule has 0 spiro atoms. The molecule has 8 heteroatoms. The fourth-order valence-electron chi connectivity index (χ4n) is 2.78. The van der Waals surface area contributed by atoms with E-state index in [9.17, 15) is 9.59 Å². The van der Waals surface area contributed by atoms with Crippen molar-refractivity contribution in [2.45, 2.75) is 44.3 Å². The van der Waals surface area contributed by atoms with Crippen LogP contribution >= 0.6 is 11.8 Å². The monoisotopic (exact) mass is 412 g/mol. The van der Waals surface area contributed by atoms with E-state index < -0.39 is 5.91 Å². The summed E-state index contributed by atoms with van der Waals surface area (Å²) >= 11 is 1.28. The van der Waals surface area contributed by atoms with Gasteiger partial charge in [-0.25, -0.2) is 0 Å². The van der Waals surface area contributed by atoms with E-state index in [1.165, 1.54) is 17.3 Å². The molecule has 29 heavy (non-hydrogen) atoms. The first kappa shape index (κ1) is 20.9. The molecule has 0 aliphatic rings. The zero-order valence-electron chi connectivity index (χ0n) is 16.7. The van der Waals surface area contributed by atoms with E-state index >= 15 is 0 Å². The first-order chi connectivity index (χ1) is 13.8. The Labute approximate surface area is 173 Å². The molecule has 2 heterocycles. The third kappa shape index (κ3) is 5.14. The number of nitrogens with zero attached hydrogens (tertiary/aromatic N) is 3. The van der Waals surface area contributed by atoms with Gasteiger partial charge in [0, 0.05) is 18.5 Å². The largest absolute Gasteiger partial charge is 0.461 e. The van der Waals surface area contributed by atoms with Crippen molar-refractivity contribution in [1.82, 2.24) is 14.8 Å². The Kier molecular flexibility index (Phi) is 6.22. The minimum atomic E-state index is -0.421. The number of hydrogen-bond acceptors (Lipinski definition) is 6. The minimum Gasteiger partial charge on any atom is -0.461 e. The molecule has 0 fully saturated rings. The molecule has 7 nitrogen and oxygen atoms in total. The van der Waals surface area contributed by atoms with Crippen LogP contribution in [0.1, 0.15) is 43.1 Å². The summed E-state index contributed by atoms with van der Waals surface area (Å²) in [7, 11) is 0. The lowest BCUT2D eigenvalue weighted by atomic mass is 9.86. The maximum atomic E-state index is 12.6. The van der Waals surface area contributed by atoms with Crippen LogP contribution in [0, 0.1) is 0 Å². The van der Waals surface area contributed by atoms with Gasteiger partial charge in [-0.1, -0.05) is 56.8 Å². The number of Topliss-reactive ketones (excluding diaryl/α,β-unsaturated/α-hetero) is 1. The van der Waals surface area contributed by atoms with Gasteiger partial charge in [0.25, 0.3) is 0 Å². The predicted octanol–water partition coefficient (Wildman–Crippen LogP) is 3.69. The zero-order valence-corrected chi connectivity index (χ0v) is 17.5. The number of aromatic nitrogens is 3. The van der Waals surface area contributed by atoms with E-state index in [2.05, 4.69) is 31.0 Å². The summed E-state index contributed by atoms with van der Waals surface area (Å²) in [5.74, 6) is 0.829. The summed E-state index contributed by atoms with van der Waals surface area (Å²) in [4.78, 5) is 23.9. The highest BCUT2D eigenvalue weighted by molar-refractivity contribution is 7.99. The Balaban J connectivity index is 1.74. The quantitative estimate of drug-likeness (QED) is 0.447. The van der Waals surface area contributed by atoms with Gasteiger partial charge in [0.05, 0.1) is 12.0 Å². The molecule has 0 saturated heterocycles. The van der Waals surface area contributed by atoms with Gasteiger partial charge in [-0.2, -0.15) is 0 Å². The number of ketones is 1. The SMILES string of the molecule is CC(C)(C)c1ccc(C(=O)CSc2nnc(-c3ccco3)n2CCC(N)=O)cc1. The maximum absolute atomic E-state index is 12.6. The number of rotatable bonds is 8. The standard InChI is InChI=1S/C21H24N4O3S/c1-21(2,3)15-8-6-14(7-9-15)16(26)13-29-20-24-23-19(17-5-4-12-28-17)25(20)11-10-18(22)27/h4-9,12H,10-11,13H2,1-3H3,(H2,22,27). The number of nitrogens with two attached hydrogens (primary N) is 1. The average molecular weight is 413 g/mol. The molecule has 3 aromatic rings. The van der Waals surface area contributed by atoms with Crippen molar-refractivity contribution < 1.29 is 14.0 Å². The Morgan fingerprint density at radius 1 is 1.14 bits per heavy atom. The summed E-state index contributed by atoms with van der Waals surface area (Å²) in [6, 6.07) is 11.2. The van der Waals surface area contributed by atoms with E-state index in [1.54, 1.807) is 23.0 Å². The second kappa shape index (κ2) is 8.65. The van der Waals surface area contributed by atoms with Crippen LogP contribution in [0.15, 0.2) is 52.2 Å². The Morgan fingerprint density at radius 3 is 2.45 bits per heavy atom. The number of carbonyl (C=O) groups is 2. The topological polar surface area (TPSA) is 104 Å². The highest BCUT2D eigenvalue weighted by atomic mass is 32.2. The second-order valence-corrected chi connectivity index (χ2v) is 8.63. The number of furan rings is 1. The van der Waals surface area contributed by atoms with Crippen LogP contribution in [-0.2, 0) is 16.8 Å². The lowest BCUT2D eigenvalue weighted by molar-refractivity contribution is -0.118. The number of hydrogen-bond donors (Lipinski definition) is 1. The van der Waals surface area contributed by atoms with Crippen molar-refractivity contribution in [3.05, 3.63) is 53.8 Å². The number of thioether (sulfide) groups is 1. The average Bonchev–Trinajstić information content (AvgIpc) is 3.33. The Bertz CT molecular complexity index is 986. The Morgan fingerprint density at radius 2 is 1.86 bits per heavy atom. The van der Waals surface area contributed by atoms with E-state index in [4.69, 9.17) is 10.2 Å². The molecule has 0 radical (unpaired) electrons. The van der Waals surface area contributed by atoms with Crippen LogP contribution in [0.3, 0.4) is 0 Å². The van der Waals surface area contributed by atoms with Crippen LogP contribution in [0.2, 0.25) is 0 Å². The van der Waals surface area contributed by atoms with E-state index in [1.807, 2.05) is 24.3 Å². The molecule has 2 N–H and O–H groups in total. The summed E-state index contributed by atoms with van der Waals surface area (Å²) in [6.45, 7) is 6.72. The molecule has 2 aromatic heterocycles. The van der Waals surface area contributed by atoms with Crippen LogP contribution < -0.4 is 5.73 Å². The molecule has 0 saturated carbocycles. The van der Waals surface area contributed by atoms with Gasteiger partial charge in [-0.15, -0.1) is 10.2 Å². The molecule has 152 valence electrons. The van der Waals surface area contributed by atoms with Crippen LogP contribution in [0.25, 0.3) is 11.6 Å². The van der Waals surface area contributed by atoms with Gasteiger partial charge in [0.2, 0.25) is 5.91 Å². The van der Waals surface area contributed by atoms with Gasteiger partial charge in [0.1, 0.15) is 0 Å². The van der Waals surface area contributed by atoms with Crippen molar-refractivity contribution in [3.8, 4) is 11.6 Å². The van der Waals surface area contributed by atoms with E-state index in [0.29, 0.717) is 28.8 Å². The van der Waals surface area contributed by atoms with Crippen LogP contribution in [0.4, 0.5) is 0 Å². The van der Waals surface area contributed by atoms with Gasteiger partial charge in [-0.3, -0.25) is 14.2 Å². The molecule has 0 aliphatic heterocycles. The normalized spacial score (nSPS) is 11.6. The van der Waals surface area contributed by atoms with E-state index in [-0.39, 0.29) is 23.4 Å². The highest BCUT2D eigenvalue weighted by Gasteiger charge is 2.19. The van der Waals surface area contributed by atoms with Crippen molar-refractivity contribution in [1.29, 1.82) is 0 Å². The smallest absolute Gasteiger partial charge is 0.219 e. The lowest BCUT2D eigenvalue weighted by Crippen LogP contribution is -2.15. The zero-order chi connectivity index (χ0) is 21.0. The molecule has 0 atom stereocenters. The molecule has 1 amide bonds. The Hall–Kier alpha value is -2.87. The van der Waals surface area contributed by atoms with Crippen LogP contribution in [-0.4, -0.2) is 32.2 Å². The van der Waals surface area contributed by atoms with Gasteiger partial charge < -0.3 is 10.2 Å². The van der Waals surface area contributed by atoms with Gasteiger partial charge in [0.15, 0.2) is 22.5 Å². The van der Waals surface area contributed by atoms with Crippen molar-refractivity contribution in [2.24, 2.45) is 5.73 Å². The van der Waals surface area contributed by atoms with Gasteiger partial charge >= 0.3 is 0 Å². The summed E-state index contributed by atoms with van der Waals surface area (Å²) in [6.07, 6.45) is 1.68. The fraction of sp³-hybridized carbons (Fsp3) is 0.333. The molecular weight excluding hydrogens is 388 g/mol. The molecular formula is C21H24N4O3S. The molecule has 0 bridgehead atoms. The summed E-state index contributed by atoms with van der Waals surface area (Å²) < 4.78 is 7.15. The predicted molar refractivity (Wildman–Crippen MR) is 112 cm³/mol. The fourth-order valence-corrected chi connectivity index (χ4v) is 3.64. The number of primary amides is 1. The second-order valence-electron chi connectivity index (χ2n) is 7.69. The third-order valence-corrected chi connectivity index (χ3v) is 5.41. The first-order valence-corrected chi connectivity index (χ1v) is 10.3. The summed E-state index contributed by atoms with van der Waals surface area (Å²) in [5.41, 5.74) is 7.16. The lowest BCUT2D eigenvalue weighted by Gasteiger charge is -2.18. The number of amides is 1. The first-order valence-electron chi connectivity index (χ1n) is 9.27. The maximum Gasteiger partial charge on any atom is 0.219 e. The minimum absolute atomic E-state index is 0.000501. The number of carbonyl (C=O) groups excluding carboxylic acids is 2. The summed E-state index contributed by atoms with van der Waals surface area (Å²) in [5, 5.41) is 8.87.